The Hall–Kier alpha value is -1.75. The van der Waals surface area contributed by atoms with Crippen molar-refractivity contribution in [3.05, 3.63) is 40.5 Å². The molecule has 0 aromatic rings. The van der Waals surface area contributed by atoms with Crippen molar-refractivity contribution in [2.45, 2.75) is 0 Å². The zero-order valence-corrected chi connectivity index (χ0v) is 8.35. The van der Waals surface area contributed by atoms with E-state index in [1.54, 1.807) is 0 Å². The molecule has 0 amide bonds. The van der Waals surface area contributed by atoms with Gasteiger partial charge >= 0.3 is 21.1 Å². The van der Waals surface area contributed by atoms with E-state index in [-0.39, 0.29) is 27.2 Å². The maximum absolute atomic E-state index is 8.00. The van der Waals surface area contributed by atoms with E-state index in [2.05, 4.69) is 0 Å². The first-order valence-corrected chi connectivity index (χ1v) is 1.46. The predicted molar refractivity (Wildman–Crippen MR) is 41.7 cm³/mol. The van der Waals surface area contributed by atoms with Crippen LogP contribution in [0.5, 0.6) is 0 Å². The topological polar surface area (TPSA) is 245 Å². The molecule has 0 fully saturated rings. The van der Waals surface area contributed by atoms with E-state index in [1.807, 2.05) is 0 Å². The van der Waals surface area contributed by atoms with E-state index in [9.17, 15) is 0 Å². The van der Waals surface area contributed by atoms with Crippen LogP contribution in [0.1, 0.15) is 0 Å². The van der Waals surface area contributed by atoms with Crippen LogP contribution in [0.4, 0.5) is 0 Å². The molecule has 0 aliphatic carbocycles. The van der Waals surface area contributed by atoms with Gasteiger partial charge in [0.15, 0.2) is 0 Å². The van der Waals surface area contributed by atoms with Crippen molar-refractivity contribution < 1.29 is 21.1 Å². The summed E-state index contributed by atoms with van der Waals surface area (Å²) >= 11 is 0. The molecule has 0 heterocycles. The molecule has 14 heteroatoms. The molecule has 0 atom stereocenters. The van der Waals surface area contributed by atoms with Gasteiger partial charge in [-0.3, -0.25) is 0 Å². The quantitative estimate of drug-likeness (QED) is 0.455. The second-order valence-electron chi connectivity index (χ2n) is 0.298. The Morgan fingerprint density at radius 2 is 0.571 bits per heavy atom. The van der Waals surface area contributed by atoms with Gasteiger partial charge in [0.25, 0.3) is 0 Å². The molecule has 0 aromatic heterocycles. The van der Waals surface area contributed by atoms with E-state index in [0.29, 0.717) is 0 Å². The summed E-state index contributed by atoms with van der Waals surface area (Å²) in [6.45, 7) is 0. The Balaban J connectivity index is -0.0000000145. The van der Waals surface area contributed by atoms with Gasteiger partial charge in [0.05, 0.1) is 0 Å². The molecule has 0 radical (unpaired) electrons. The molecule has 0 aliphatic rings. The fraction of sp³-hybridized carbons (Fsp3) is 0. The van der Waals surface area contributed by atoms with Gasteiger partial charge < -0.3 is 46.6 Å². The summed E-state index contributed by atoms with van der Waals surface area (Å²) < 4.78 is 0. The largest absolute Gasteiger partial charge is 4.00 e. The SMILES string of the molecule is N.O=N[O-].O=N[O-].O=N[O-].O=N[O-].[Pt+4]. The molecule has 3 N–H and O–H groups in total. The maximum Gasteiger partial charge on any atom is 4.00 e. The van der Waals surface area contributed by atoms with Crippen LogP contribution in [-0.4, -0.2) is 0 Å². The Bertz CT molecular complexity index is 71.7. The first-order valence-electron chi connectivity index (χ1n) is 1.46. The Labute approximate surface area is 89.7 Å². The molecule has 0 aliphatic heterocycles. The van der Waals surface area contributed by atoms with E-state index >= 15 is 0 Å². The van der Waals surface area contributed by atoms with Gasteiger partial charge in [0.1, 0.15) is 0 Å². The molecule has 0 unspecified atom stereocenters. The van der Waals surface area contributed by atoms with E-state index < -0.39 is 0 Å². The zero-order chi connectivity index (χ0) is 10.8. The summed E-state index contributed by atoms with van der Waals surface area (Å²) in [6.07, 6.45) is 0. The summed E-state index contributed by atoms with van der Waals surface area (Å²) in [6, 6.07) is 0. The fourth-order valence-electron chi connectivity index (χ4n) is 0. The number of rotatable bonds is 0. The van der Waals surface area contributed by atoms with E-state index in [0.717, 1.165) is 21.4 Å². The van der Waals surface area contributed by atoms with Crippen molar-refractivity contribution >= 4 is 0 Å². The molecule has 0 saturated heterocycles. The van der Waals surface area contributed by atoms with Crippen LogP contribution in [-0.2, 0) is 21.1 Å². The smallest absolute Gasteiger partial charge is 0.444 e. The summed E-state index contributed by atoms with van der Waals surface area (Å²) in [7, 11) is 0. The molecule has 86 valence electrons. The number of nitrogens with zero attached hydrogens (tertiary/aromatic N) is 4. The third kappa shape index (κ3) is 286. The van der Waals surface area contributed by atoms with Crippen LogP contribution >= 0.6 is 0 Å². The number of hydrogen-bond donors (Lipinski definition) is 1. The molecule has 0 aromatic carbocycles. The van der Waals surface area contributed by atoms with Crippen molar-refractivity contribution in [1.82, 2.24) is 6.15 Å². The standard InChI is InChI=1S/4HNO2.H3N.Pt/c4*2-1-3;;/h4*(H,2,3);1H3;/q;;;;;+4/p-4. The van der Waals surface area contributed by atoms with Crippen LogP contribution in [0, 0.1) is 40.5 Å². The molecule has 0 rings (SSSR count). The third-order valence-corrected chi connectivity index (χ3v) is 0. The summed E-state index contributed by atoms with van der Waals surface area (Å²) in [5.41, 5.74) is 0. The maximum atomic E-state index is 8.00. The van der Waals surface area contributed by atoms with Gasteiger partial charge in [0, 0.05) is 0 Å². The second kappa shape index (κ2) is 234. The van der Waals surface area contributed by atoms with Crippen LogP contribution in [0.15, 0.2) is 21.4 Å². The minimum Gasteiger partial charge on any atom is -0.444 e. The molecule has 0 spiro atoms. The van der Waals surface area contributed by atoms with Crippen molar-refractivity contribution in [1.29, 1.82) is 0 Å². The average Bonchev–Trinajstić information content (AvgIpc) is 1.92. The van der Waals surface area contributed by atoms with Gasteiger partial charge in [-0.2, -0.15) is 0 Å². The first-order chi connectivity index (χ1) is 5.66. The number of hydrogen-bond acceptors (Lipinski definition) is 13. The van der Waals surface area contributed by atoms with Crippen LogP contribution in [0.3, 0.4) is 0 Å². The van der Waals surface area contributed by atoms with Gasteiger partial charge in [-0.15, -0.1) is 21.4 Å². The van der Waals surface area contributed by atoms with Gasteiger partial charge in [-0.25, -0.2) is 0 Å². The average molecular weight is 396 g/mol. The molecule has 0 bridgehead atoms. The van der Waals surface area contributed by atoms with Gasteiger partial charge in [0.2, 0.25) is 0 Å². The van der Waals surface area contributed by atoms with Crippen LogP contribution in [0.2, 0.25) is 0 Å². The molecule has 13 nitrogen and oxygen atoms in total. The Morgan fingerprint density at radius 1 is 0.571 bits per heavy atom. The Kier molecular flexibility index (Phi) is 663. The van der Waals surface area contributed by atoms with Crippen molar-refractivity contribution in [3.63, 3.8) is 0 Å². The summed E-state index contributed by atoms with van der Waals surface area (Å²) in [4.78, 5) is 32.0. The molecule has 0 saturated carbocycles. The van der Waals surface area contributed by atoms with E-state index in [1.165, 1.54) is 0 Å². The predicted octanol–water partition coefficient (Wildman–Crippen LogP) is 1.16. The molecular weight excluding hydrogens is 393 g/mol. The molecular formula is H3N5O8Pt. The third-order valence-electron chi connectivity index (χ3n) is 0. The van der Waals surface area contributed by atoms with Crippen molar-refractivity contribution in [2.75, 3.05) is 0 Å². The summed E-state index contributed by atoms with van der Waals surface area (Å²) in [5, 5.41) is 36.0. The van der Waals surface area contributed by atoms with Crippen LogP contribution < -0.4 is 6.15 Å². The fourth-order valence-corrected chi connectivity index (χ4v) is 0. The minimum absolute atomic E-state index is 0. The van der Waals surface area contributed by atoms with Gasteiger partial charge in [-0.05, 0) is 0 Å². The minimum atomic E-state index is 0. The second-order valence-corrected chi connectivity index (χ2v) is 0.298. The summed E-state index contributed by atoms with van der Waals surface area (Å²) in [5.74, 6) is 0. The Morgan fingerprint density at radius 3 is 0.571 bits per heavy atom. The van der Waals surface area contributed by atoms with E-state index in [4.69, 9.17) is 40.5 Å². The zero-order valence-electron chi connectivity index (χ0n) is 6.08. The van der Waals surface area contributed by atoms with Gasteiger partial charge in [-0.1, -0.05) is 0 Å². The normalized spacial score (nSPS) is 3.43. The van der Waals surface area contributed by atoms with Crippen molar-refractivity contribution in [2.24, 2.45) is 21.4 Å². The molecule has 14 heavy (non-hydrogen) atoms. The van der Waals surface area contributed by atoms with Crippen molar-refractivity contribution in [3.8, 4) is 0 Å². The first kappa shape index (κ1) is 39.7. The van der Waals surface area contributed by atoms with Crippen LogP contribution in [0.25, 0.3) is 0 Å². The monoisotopic (exact) mass is 396 g/mol.